The molecule has 3 nitrogen and oxygen atoms in total. The first-order valence-corrected chi connectivity index (χ1v) is 7.67. The van der Waals surface area contributed by atoms with Crippen molar-refractivity contribution in [3.63, 3.8) is 0 Å². The Balaban J connectivity index is 0.000000612. The Kier molecular flexibility index (Phi) is 9.19. The maximum absolute atomic E-state index is 8.58. The standard InChI is InChI=1S/C15H19NS.CH3NO/c1-2-6-14(7-3-1)8-4-11-16-12-10-15-9-5-13-17-15;2-1-3/h1-3,5-7,9,13,16H,4,8,10-12H2;1H,(H2,2,3). The zero-order valence-corrected chi connectivity index (χ0v) is 12.4. The van der Waals surface area contributed by atoms with Gasteiger partial charge in [0.2, 0.25) is 6.41 Å². The van der Waals surface area contributed by atoms with E-state index in [1.54, 1.807) is 0 Å². The molecule has 0 spiro atoms. The van der Waals surface area contributed by atoms with E-state index in [9.17, 15) is 0 Å². The first kappa shape index (κ1) is 16.4. The topological polar surface area (TPSA) is 55.1 Å². The number of nitrogens with one attached hydrogen (secondary N) is 1. The van der Waals surface area contributed by atoms with Gasteiger partial charge in [0.25, 0.3) is 0 Å². The van der Waals surface area contributed by atoms with Gasteiger partial charge in [0.1, 0.15) is 0 Å². The van der Waals surface area contributed by atoms with E-state index < -0.39 is 0 Å². The Morgan fingerprint density at radius 3 is 2.45 bits per heavy atom. The molecule has 0 radical (unpaired) electrons. The van der Waals surface area contributed by atoms with Crippen molar-refractivity contribution in [3.8, 4) is 0 Å². The fourth-order valence-corrected chi connectivity index (χ4v) is 2.56. The summed E-state index contributed by atoms with van der Waals surface area (Å²) in [6.07, 6.45) is 3.80. The highest BCUT2D eigenvalue weighted by molar-refractivity contribution is 7.09. The highest BCUT2D eigenvalue weighted by Crippen LogP contribution is 2.08. The third kappa shape index (κ3) is 7.71. The maximum atomic E-state index is 8.58. The lowest BCUT2D eigenvalue weighted by molar-refractivity contribution is -0.106. The molecule has 0 fully saturated rings. The van der Waals surface area contributed by atoms with Gasteiger partial charge in [0.15, 0.2) is 0 Å². The predicted octanol–water partition coefficient (Wildman–Crippen LogP) is 2.61. The van der Waals surface area contributed by atoms with Crippen LogP contribution in [-0.2, 0) is 17.6 Å². The quantitative estimate of drug-likeness (QED) is 0.608. The van der Waals surface area contributed by atoms with E-state index in [-0.39, 0.29) is 6.41 Å². The molecule has 0 saturated heterocycles. The third-order valence-corrected chi connectivity index (χ3v) is 3.73. The second-order valence-electron chi connectivity index (χ2n) is 4.30. The average molecular weight is 290 g/mol. The Labute approximate surface area is 124 Å². The van der Waals surface area contributed by atoms with Gasteiger partial charge >= 0.3 is 0 Å². The van der Waals surface area contributed by atoms with Gasteiger partial charge in [-0.3, -0.25) is 4.79 Å². The second-order valence-corrected chi connectivity index (χ2v) is 5.34. The Bertz CT molecular complexity index is 443. The number of hydrogen-bond acceptors (Lipinski definition) is 3. The van der Waals surface area contributed by atoms with E-state index >= 15 is 0 Å². The SMILES string of the molecule is NC=O.c1ccc(CCCNCCc2cccs2)cc1. The zero-order valence-electron chi connectivity index (χ0n) is 11.6. The predicted molar refractivity (Wildman–Crippen MR) is 85.9 cm³/mol. The fourth-order valence-electron chi connectivity index (χ4n) is 1.85. The Morgan fingerprint density at radius 2 is 1.80 bits per heavy atom. The molecular formula is C16H22N2OS. The molecule has 108 valence electrons. The molecule has 20 heavy (non-hydrogen) atoms. The van der Waals surface area contributed by atoms with Crippen LogP contribution < -0.4 is 11.1 Å². The normalized spacial score (nSPS) is 9.60. The number of hydrogen-bond donors (Lipinski definition) is 2. The number of carbonyl (C=O) groups excluding carboxylic acids is 1. The van der Waals surface area contributed by atoms with Crippen molar-refractivity contribution in [2.45, 2.75) is 19.3 Å². The molecule has 0 bridgehead atoms. The minimum Gasteiger partial charge on any atom is -0.372 e. The molecule has 0 saturated carbocycles. The summed E-state index contributed by atoms with van der Waals surface area (Å²) < 4.78 is 0. The molecule has 0 aliphatic rings. The van der Waals surface area contributed by atoms with E-state index in [0.29, 0.717) is 0 Å². The maximum Gasteiger partial charge on any atom is 0.204 e. The number of aryl methyl sites for hydroxylation is 1. The number of carbonyl (C=O) groups is 1. The summed E-state index contributed by atoms with van der Waals surface area (Å²) in [6, 6.07) is 15.0. The van der Waals surface area contributed by atoms with Crippen molar-refractivity contribution in [3.05, 3.63) is 58.3 Å². The molecule has 0 atom stereocenters. The number of nitrogens with two attached hydrogens (primary N) is 1. The van der Waals surface area contributed by atoms with Crippen molar-refractivity contribution < 1.29 is 4.79 Å². The van der Waals surface area contributed by atoms with Gasteiger partial charge < -0.3 is 11.1 Å². The molecule has 1 amide bonds. The summed E-state index contributed by atoms with van der Waals surface area (Å²) in [4.78, 5) is 10.1. The number of amides is 1. The molecule has 0 unspecified atom stereocenters. The fraction of sp³-hybridized carbons (Fsp3) is 0.312. The van der Waals surface area contributed by atoms with Crippen LogP contribution in [0.5, 0.6) is 0 Å². The van der Waals surface area contributed by atoms with Gasteiger partial charge in [-0.15, -0.1) is 11.3 Å². The van der Waals surface area contributed by atoms with Crippen LogP contribution in [0.15, 0.2) is 47.8 Å². The first-order chi connectivity index (χ1) is 9.86. The van der Waals surface area contributed by atoms with Crippen LogP contribution in [-0.4, -0.2) is 19.5 Å². The summed E-state index contributed by atoms with van der Waals surface area (Å²) in [5, 5.41) is 5.64. The number of rotatable bonds is 7. The molecule has 4 heteroatoms. The van der Waals surface area contributed by atoms with Crippen LogP contribution in [0.25, 0.3) is 0 Å². The summed E-state index contributed by atoms with van der Waals surface area (Å²) >= 11 is 1.84. The van der Waals surface area contributed by atoms with Gasteiger partial charge in [-0.05, 0) is 49.4 Å². The van der Waals surface area contributed by atoms with Crippen LogP contribution in [0.1, 0.15) is 16.9 Å². The van der Waals surface area contributed by atoms with E-state index in [0.717, 1.165) is 19.5 Å². The van der Waals surface area contributed by atoms with Crippen LogP contribution in [0.3, 0.4) is 0 Å². The van der Waals surface area contributed by atoms with E-state index in [1.165, 1.54) is 23.3 Å². The van der Waals surface area contributed by atoms with E-state index in [1.807, 2.05) is 11.3 Å². The van der Waals surface area contributed by atoms with Crippen LogP contribution >= 0.6 is 11.3 Å². The lowest BCUT2D eigenvalue weighted by atomic mass is 10.1. The van der Waals surface area contributed by atoms with Crippen molar-refractivity contribution >= 4 is 17.7 Å². The smallest absolute Gasteiger partial charge is 0.204 e. The Morgan fingerprint density at radius 1 is 1.05 bits per heavy atom. The van der Waals surface area contributed by atoms with Crippen LogP contribution in [0, 0.1) is 0 Å². The minimum absolute atomic E-state index is 0.250. The first-order valence-electron chi connectivity index (χ1n) is 6.79. The van der Waals surface area contributed by atoms with E-state index in [4.69, 9.17) is 4.79 Å². The molecule has 0 aliphatic heterocycles. The van der Waals surface area contributed by atoms with Crippen LogP contribution in [0.4, 0.5) is 0 Å². The van der Waals surface area contributed by atoms with Crippen molar-refractivity contribution in [2.75, 3.05) is 13.1 Å². The van der Waals surface area contributed by atoms with Gasteiger partial charge in [-0.1, -0.05) is 36.4 Å². The highest BCUT2D eigenvalue weighted by Gasteiger charge is 1.94. The summed E-state index contributed by atoms with van der Waals surface area (Å²) in [5.74, 6) is 0. The molecule has 3 N–H and O–H groups in total. The van der Waals surface area contributed by atoms with Gasteiger partial charge in [-0.25, -0.2) is 0 Å². The van der Waals surface area contributed by atoms with Gasteiger partial charge in [0, 0.05) is 4.88 Å². The lowest BCUT2D eigenvalue weighted by Crippen LogP contribution is -2.18. The molecule has 1 aromatic heterocycles. The van der Waals surface area contributed by atoms with Crippen molar-refractivity contribution in [2.24, 2.45) is 5.73 Å². The number of primary amides is 1. The molecule has 0 aliphatic carbocycles. The molecule has 1 heterocycles. The third-order valence-electron chi connectivity index (χ3n) is 2.79. The summed E-state index contributed by atoms with van der Waals surface area (Å²) in [6.45, 7) is 2.20. The zero-order chi connectivity index (χ0) is 14.5. The molecule has 2 rings (SSSR count). The van der Waals surface area contributed by atoms with Crippen molar-refractivity contribution in [1.29, 1.82) is 0 Å². The molecular weight excluding hydrogens is 268 g/mol. The molecule has 2 aromatic rings. The Hall–Kier alpha value is -1.65. The highest BCUT2D eigenvalue weighted by atomic mass is 32.1. The second kappa shape index (κ2) is 11.2. The number of thiophene rings is 1. The molecule has 1 aromatic carbocycles. The monoisotopic (exact) mass is 290 g/mol. The lowest BCUT2D eigenvalue weighted by Gasteiger charge is -2.04. The van der Waals surface area contributed by atoms with Gasteiger partial charge in [0.05, 0.1) is 0 Å². The summed E-state index contributed by atoms with van der Waals surface area (Å²) in [7, 11) is 0. The largest absolute Gasteiger partial charge is 0.372 e. The van der Waals surface area contributed by atoms with Crippen LogP contribution in [0.2, 0.25) is 0 Å². The van der Waals surface area contributed by atoms with Crippen molar-refractivity contribution in [1.82, 2.24) is 5.32 Å². The minimum atomic E-state index is 0.250. The average Bonchev–Trinajstić information content (AvgIpc) is 2.98. The summed E-state index contributed by atoms with van der Waals surface area (Å²) in [5.41, 5.74) is 5.60. The van der Waals surface area contributed by atoms with Gasteiger partial charge in [-0.2, -0.15) is 0 Å². The van der Waals surface area contributed by atoms with E-state index in [2.05, 4.69) is 58.9 Å². The number of benzene rings is 1.